The van der Waals surface area contributed by atoms with E-state index in [0.29, 0.717) is 16.6 Å². The molecule has 0 saturated heterocycles. The van der Waals surface area contributed by atoms with Gasteiger partial charge < -0.3 is 10.4 Å². The third-order valence-electron chi connectivity index (χ3n) is 5.47. The van der Waals surface area contributed by atoms with E-state index in [1.165, 1.54) is 43.4 Å². The van der Waals surface area contributed by atoms with Crippen molar-refractivity contribution in [3.05, 3.63) is 46.5 Å². The fraction of sp³-hybridized carbons (Fsp3) is 0.429. The number of hydrogen-bond donors (Lipinski definition) is 3. The normalized spacial score (nSPS) is 16.4. The Morgan fingerprint density at radius 3 is 2.64 bits per heavy atom. The van der Waals surface area contributed by atoms with E-state index in [1.54, 1.807) is 31.3 Å². The summed E-state index contributed by atoms with van der Waals surface area (Å²) in [7, 11) is 1.69. The molecule has 1 aliphatic rings. The number of rotatable bonds is 5. The second-order valence-electron chi connectivity index (χ2n) is 7.42. The highest BCUT2D eigenvalue weighted by Gasteiger charge is 2.22. The minimum absolute atomic E-state index is 0.113. The second-order valence-corrected chi connectivity index (χ2v) is 8.45. The Bertz CT molecular complexity index is 970. The number of aliphatic hydroxyl groups is 1. The highest BCUT2D eigenvalue weighted by atomic mass is 32.1. The molecule has 0 radical (unpaired) electrons. The first-order chi connectivity index (χ1) is 13.6. The zero-order valence-corrected chi connectivity index (χ0v) is 17.1. The van der Waals surface area contributed by atoms with E-state index in [4.69, 9.17) is 5.10 Å². The molecule has 0 spiro atoms. The van der Waals surface area contributed by atoms with Crippen LogP contribution in [0.15, 0.2) is 30.3 Å². The van der Waals surface area contributed by atoms with Gasteiger partial charge in [-0.15, -0.1) is 11.3 Å². The van der Waals surface area contributed by atoms with Gasteiger partial charge >= 0.3 is 0 Å². The summed E-state index contributed by atoms with van der Waals surface area (Å²) < 4.78 is 2.15. The summed E-state index contributed by atoms with van der Waals surface area (Å²) in [6, 6.07) is 9.60. The molecule has 6 nitrogen and oxygen atoms in total. The number of amides is 1. The maximum absolute atomic E-state index is 12.8. The largest absolute Gasteiger partial charge is 0.374 e. The Morgan fingerprint density at radius 1 is 1.25 bits per heavy atom. The molecule has 0 aliphatic heterocycles. The molecule has 2 aromatic heterocycles. The van der Waals surface area contributed by atoms with Crippen molar-refractivity contribution in [2.75, 3.05) is 12.4 Å². The van der Waals surface area contributed by atoms with Crippen molar-refractivity contribution in [1.29, 1.82) is 0 Å². The summed E-state index contributed by atoms with van der Waals surface area (Å²) in [5, 5.41) is 21.4. The number of benzene rings is 1. The molecule has 1 saturated carbocycles. The Labute approximate surface area is 168 Å². The Balaban J connectivity index is 1.54. The lowest BCUT2D eigenvalue weighted by Gasteiger charge is -2.22. The standard InChI is InChI=1S/C21H26N4O2S/c1-13-17-12-18(28-21(17)25(24-13)16-6-4-3-5-7-16)20(27)23-15-10-8-14(9-11-15)19(26)22-2/h8-12,16,19,22,26H,3-7H2,1-2H3,(H,23,27). The van der Waals surface area contributed by atoms with E-state index < -0.39 is 6.23 Å². The third-order valence-corrected chi connectivity index (χ3v) is 6.59. The zero-order chi connectivity index (χ0) is 19.7. The molecule has 3 aromatic rings. The van der Waals surface area contributed by atoms with Crippen LogP contribution in [0.1, 0.15) is 65.3 Å². The molecule has 148 valence electrons. The van der Waals surface area contributed by atoms with Crippen molar-refractivity contribution >= 4 is 33.1 Å². The van der Waals surface area contributed by atoms with Crippen LogP contribution >= 0.6 is 11.3 Å². The molecule has 28 heavy (non-hydrogen) atoms. The number of carbonyl (C=O) groups excluding carboxylic acids is 1. The van der Waals surface area contributed by atoms with Crippen LogP contribution in [-0.4, -0.2) is 27.8 Å². The number of anilines is 1. The predicted molar refractivity (Wildman–Crippen MR) is 113 cm³/mol. The van der Waals surface area contributed by atoms with Crippen LogP contribution in [0.25, 0.3) is 10.2 Å². The molecule has 1 amide bonds. The van der Waals surface area contributed by atoms with Gasteiger partial charge in [-0.25, -0.2) is 0 Å². The molecular formula is C21H26N4O2S. The zero-order valence-electron chi connectivity index (χ0n) is 16.2. The van der Waals surface area contributed by atoms with Gasteiger partial charge in [0.15, 0.2) is 0 Å². The van der Waals surface area contributed by atoms with E-state index in [0.717, 1.165) is 21.5 Å². The quantitative estimate of drug-likeness (QED) is 0.558. The van der Waals surface area contributed by atoms with Crippen LogP contribution in [0.2, 0.25) is 0 Å². The topological polar surface area (TPSA) is 79.2 Å². The summed E-state index contributed by atoms with van der Waals surface area (Å²) in [5.74, 6) is -0.113. The third kappa shape index (κ3) is 3.70. The van der Waals surface area contributed by atoms with Gasteiger partial charge in [-0.05, 0) is 50.6 Å². The highest BCUT2D eigenvalue weighted by Crippen LogP contribution is 2.35. The lowest BCUT2D eigenvalue weighted by molar-refractivity contribution is 0.103. The number of thiophene rings is 1. The monoisotopic (exact) mass is 398 g/mol. The van der Waals surface area contributed by atoms with Gasteiger partial charge in [0.1, 0.15) is 11.1 Å². The number of aromatic nitrogens is 2. The molecule has 1 aliphatic carbocycles. The first kappa shape index (κ1) is 19.1. The van der Waals surface area contributed by atoms with E-state index in [-0.39, 0.29) is 5.91 Å². The average Bonchev–Trinajstić information content (AvgIpc) is 3.29. The van der Waals surface area contributed by atoms with Crippen molar-refractivity contribution < 1.29 is 9.90 Å². The number of hydrogen-bond acceptors (Lipinski definition) is 5. The maximum Gasteiger partial charge on any atom is 0.265 e. The molecule has 1 fully saturated rings. The number of fused-ring (bicyclic) bond motifs is 1. The fourth-order valence-electron chi connectivity index (χ4n) is 3.86. The molecule has 1 aromatic carbocycles. The molecule has 7 heteroatoms. The summed E-state index contributed by atoms with van der Waals surface area (Å²) >= 11 is 1.52. The lowest BCUT2D eigenvalue weighted by Crippen LogP contribution is -2.15. The Kier molecular flexibility index (Phi) is 5.48. The first-order valence-corrected chi connectivity index (χ1v) is 10.6. The summed E-state index contributed by atoms with van der Waals surface area (Å²) in [4.78, 5) is 14.6. The SMILES string of the molecule is CNC(O)c1ccc(NC(=O)c2cc3c(C)nn(C4CCCCC4)c3s2)cc1. The summed E-state index contributed by atoms with van der Waals surface area (Å²) in [5.41, 5.74) is 2.45. The second kappa shape index (κ2) is 8.03. The van der Waals surface area contributed by atoms with Gasteiger partial charge in [-0.2, -0.15) is 5.10 Å². The molecule has 2 heterocycles. The van der Waals surface area contributed by atoms with Crippen molar-refractivity contribution in [2.24, 2.45) is 0 Å². The molecule has 1 atom stereocenters. The van der Waals surface area contributed by atoms with Crippen LogP contribution in [0.4, 0.5) is 5.69 Å². The number of aryl methyl sites for hydroxylation is 1. The number of carbonyl (C=O) groups is 1. The molecule has 3 N–H and O–H groups in total. The van der Waals surface area contributed by atoms with Gasteiger partial charge in [-0.3, -0.25) is 14.8 Å². The van der Waals surface area contributed by atoms with Crippen LogP contribution < -0.4 is 10.6 Å². The molecule has 1 unspecified atom stereocenters. The predicted octanol–water partition coefficient (Wildman–Crippen LogP) is 4.37. The first-order valence-electron chi connectivity index (χ1n) is 9.82. The lowest BCUT2D eigenvalue weighted by atomic mass is 9.96. The average molecular weight is 399 g/mol. The van der Waals surface area contributed by atoms with E-state index >= 15 is 0 Å². The van der Waals surface area contributed by atoms with Crippen LogP contribution in [0.3, 0.4) is 0 Å². The van der Waals surface area contributed by atoms with Gasteiger partial charge in [0.25, 0.3) is 5.91 Å². The Hall–Kier alpha value is -2.22. The van der Waals surface area contributed by atoms with Gasteiger partial charge in [0, 0.05) is 11.1 Å². The van der Waals surface area contributed by atoms with Crippen LogP contribution in [0.5, 0.6) is 0 Å². The molecule has 0 bridgehead atoms. The molecule has 4 rings (SSSR count). The fourth-order valence-corrected chi connectivity index (χ4v) is 4.99. The van der Waals surface area contributed by atoms with Crippen LogP contribution in [0, 0.1) is 6.92 Å². The number of aliphatic hydroxyl groups excluding tert-OH is 1. The summed E-state index contributed by atoms with van der Waals surface area (Å²) in [6.07, 6.45) is 5.44. The number of nitrogens with one attached hydrogen (secondary N) is 2. The van der Waals surface area contributed by atoms with Crippen molar-refractivity contribution in [3.63, 3.8) is 0 Å². The van der Waals surface area contributed by atoms with Crippen molar-refractivity contribution in [1.82, 2.24) is 15.1 Å². The van der Waals surface area contributed by atoms with Gasteiger partial charge in [0.05, 0.1) is 16.6 Å². The minimum Gasteiger partial charge on any atom is -0.374 e. The summed E-state index contributed by atoms with van der Waals surface area (Å²) in [6.45, 7) is 2.02. The smallest absolute Gasteiger partial charge is 0.265 e. The van der Waals surface area contributed by atoms with E-state index in [2.05, 4.69) is 15.3 Å². The van der Waals surface area contributed by atoms with E-state index in [1.807, 2.05) is 13.0 Å². The van der Waals surface area contributed by atoms with Gasteiger partial charge in [-0.1, -0.05) is 31.4 Å². The minimum atomic E-state index is -0.710. The van der Waals surface area contributed by atoms with Crippen molar-refractivity contribution in [3.8, 4) is 0 Å². The van der Waals surface area contributed by atoms with E-state index in [9.17, 15) is 9.90 Å². The molecular weight excluding hydrogens is 372 g/mol. The van der Waals surface area contributed by atoms with Gasteiger partial charge in [0.2, 0.25) is 0 Å². The van der Waals surface area contributed by atoms with Crippen molar-refractivity contribution in [2.45, 2.75) is 51.3 Å². The highest BCUT2D eigenvalue weighted by molar-refractivity contribution is 7.20. The van der Waals surface area contributed by atoms with Crippen LogP contribution in [-0.2, 0) is 0 Å². The Morgan fingerprint density at radius 2 is 1.96 bits per heavy atom. The number of nitrogens with zero attached hydrogens (tertiary/aromatic N) is 2. The maximum atomic E-state index is 12.8.